The quantitative estimate of drug-likeness (QED) is 0.245. The molecule has 0 atom stereocenters. The molecule has 0 aliphatic carbocycles. The fraction of sp³-hybridized carbons (Fsp3) is 0.944. The first-order valence-electron chi connectivity index (χ1n) is 8.99. The third-order valence-electron chi connectivity index (χ3n) is 3.99. The van der Waals surface area contributed by atoms with E-state index in [0.29, 0.717) is 6.42 Å². The Bertz CT molecular complexity index is 219. The van der Waals surface area contributed by atoms with Crippen molar-refractivity contribution in [1.82, 2.24) is 0 Å². The molecule has 0 rings (SSSR count). The van der Waals surface area contributed by atoms with E-state index in [0.717, 1.165) is 12.8 Å². The predicted octanol–water partition coefficient (Wildman–Crippen LogP) is 2.53. The number of carboxylic acid groups (broad SMARTS) is 1. The van der Waals surface area contributed by atoms with Gasteiger partial charge in [0.15, 0.2) is 0 Å². The van der Waals surface area contributed by atoms with Crippen LogP contribution in [0.15, 0.2) is 0 Å². The Morgan fingerprint density at radius 2 is 0.955 bits per heavy atom. The number of hydrogen-bond donors (Lipinski definition) is 1. The summed E-state index contributed by atoms with van der Waals surface area (Å²) in [5.74, 6) is -0.653. The molecule has 0 amide bonds. The zero-order valence-electron chi connectivity index (χ0n) is 16.4. The van der Waals surface area contributed by atoms with E-state index in [-0.39, 0.29) is 80.1 Å². The molecule has 0 saturated heterocycles. The number of unbranched alkanes of at least 4 members (excludes halogenated alkanes) is 14. The Labute approximate surface area is 203 Å². The topological polar surface area (TPSA) is 37.3 Å². The standard InChI is InChI=1S/C18H36O2.K.Pb.3H/c1-2-3-4-5-6-7-8-9-10-11-12-13-14-15-16-17-18(19)20;;;;;/h2-17H2,1H3,(H,19,20);;;;;/q;+1;;;;-1. The zero-order chi connectivity index (χ0) is 14.9. The summed E-state index contributed by atoms with van der Waals surface area (Å²) in [6.07, 6.45) is 20.2. The van der Waals surface area contributed by atoms with E-state index in [9.17, 15) is 4.79 Å². The average Bonchev–Trinajstić information content (AvgIpc) is 2.43. The number of hydrogen-bond acceptors (Lipinski definition) is 1. The van der Waals surface area contributed by atoms with E-state index in [1.807, 2.05) is 0 Å². The average molecular weight is 534 g/mol. The summed E-state index contributed by atoms with van der Waals surface area (Å²) in [6.45, 7) is 2.27. The van der Waals surface area contributed by atoms with Gasteiger partial charge in [0.1, 0.15) is 0 Å². The van der Waals surface area contributed by atoms with Crippen molar-refractivity contribution in [2.24, 2.45) is 0 Å². The molecule has 0 heterocycles. The van der Waals surface area contributed by atoms with Gasteiger partial charge in [-0.15, -0.1) is 0 Å². The predicted molar refractivity (Wildman–Crippen MR) is 96.8 cm³/mol. The summed E-state index contributed by atoms with van der Waals surface area (Å²) in [6, 6.07) is 0. The summed E-state index contributed by atoms with van der Waals surface area (Å²) < 4.78 is 0. The minimum atomic E-state index is -0.653. The molecule has 128 valence electrons. The Kier molecular flexibility index (Phi) is 33.1. The maximum absolute atomic E-state index is 10.3. The second-order valence-electron chi connectivity index (χ2n) is 6.09. The Morgan fingerprint density at radius 3 is 1.23 bits per heavy atom. The van der Waals surface area contributed by atoms with Gasteiger partial charge in [-0.1, -0.05) is 96.8 Å². The van der Waals surface area contributed by atoms with E-state index in [1.54, 1.807) is 0 Å². The molecule has 4 heteroatoms. The summed E-state index contributed by atoms with van der Waals surface area (Å²) in [7, 11) is 0. The van der Waals surface area contributed by atoms with Crippen LogP contribution in [0.2, 0.25) is 0 Å². The van der Waals surface area contributed by atoms with Crippen LogP contribution in [-0.4, -0.2) is 38.4 Å². The Hall–Kier alpha value is 2.03. The van der Waals surface area contributed by atoms with E-state index in [1.165, 1.54) is 83.5 Å². The van der Waals surface area contributed by atoms with Crippen LogP contribution >= 0.6 is 0 Å². The van der Waals surface area contributed by atoms with Crippen molar-refractivity contribution in [3.05, 3.63) is 0 Å². The molecule has 0 fully saturated rings. The summed E-state index contributed by atoms with van der Waals surface area (Å²) in [4.78, 5) is 10.3. The van der Waals surface area contributed by atoms with Crippen LogP contribution in [0, 0.1) is 0 Å². The van der Waals surface area contributed by atoms with Gasteiger partial charge in [0.05, 0.1) is 0 Å². The molecule has 0 bridgehead atoms. The van der Waals surface area contributed by atoms with Crippen molar-refractivity contribution in [2.75, 3.05) is 0 Å². The first-order chi connectivity index (χ1) is 9.77. The molecule has 0 aliphatic heterocycles. The van der Waals surface area contributed by atoms with Gasteiger partial charge >= 0.3 is 84.7 Å². The fourth-order valence-electron chi connectivity index (χ4n) is 2.65. The van der Waals surface area contributed by atoms with Crippen LogP contribution in [-0.2, 0) is 4.79 Å². The molecule has 2 radical (unpaired) electrons. The first-order valence-corrected chi connectivity index (χ1v) is 8.99. The SMILES string of the molecule is CCCCCCCCCCCCCCCCCC(=O)O.[H-].[K+].[PbH2]. The van der Waals surface area contributed by atoms with Crippen LogP contribution in [0.4, 0.5) is 0 Å². The van der Waals surface area contributed by atoms with E-state index in [4.69, 9.17) is 5.11 Å². The molecule has 0 aromatic carbocycles. The number of aliphatic carboxylic acids is 1. The molecule has 1 N–H and O–H groups in total. The molecule has 22 heavy (non-hydrogen) atoms. The van der Waals surface area contributed by atoms with Gasteiger partial charge < -0.3 is 6.53 Å². The van der Waals surface area contributed by atoms with Crippen molar-refractivity contribution >= 4 is 33.3 Å². The normalized spacial score (nSPS) is 9.86. The molecule has 0 spiro atoms. The Morgan fingerprint density at radius 1 is 0.682 bits per heavy atom. The molecule has 0 aromatic heterocycles. The second-order valence-corrected chi connectivity index (χ2v) is 6.09. The van der Waals surface area contributed by atoms with Gasteiger partial charge in [0.2, 0.25) is 0 Å². The van der Waals surface area contributed by atoms with Crippen LogP contribution < -0.4 is 51.4 Å². The number of carboxylic acids is 1. The fourth-order valence-corrected chi connectivity index (χ4v) is 2.65. The van der Waals surface area contributed by atoms with Gasteiger partial charge in [-0.05, 0) is 6.42 Å². The van der Waals surface area contributed by atoms with Crippen molar-refractivity contribution < 1.29 is 62.7 Å². The number of carbonyl (C=O) groups is 1. The number of rotatable bonds is 16. The summed E-state index contributed by atoms with van der Waals surface area (Å²) in [5.41, 5.74) is 0. The van der Waals surface area contributed by atoms with Crippen LogP contribution in [0.1, 0.15) is 111 Å². The molecule has 0 unspecified atom stereocenters. The molecule has 0 aromatic rings. The van der Waals surface area contributed by atoms with E-state index >= 15 is 0 Å². The van der Waals surface area contributed by atoms with Crippen LogP contribution in [0.3, 0.4) is 0 Å². The molecular weight excluding hydrogens is 494 g/mol. The van der Waals surface area contributed by atoms with Gasteiger partial charge in [-0.2, -0.15) is 0 Å². The van der Waals surface area contributed by atoms with Crippen molar-refractivity contribution in [3.63, 3.8) is 0 Å². The van der Waals surface area contributed by atoms with Crippen molar-refractivity contribution in [3.8, 4) is 0 Å². The minimum absolute atomic E-state index is 0. The van der Waals surface area contributed by atoms with Crippen LogP contribution in [0.25, 0.3) is 0 Å². The first kappa shape index (κ1) is 28.8. The van der Waals surface area contributed by atoms with Gasteiger partial charge in [0, 0.05) is 6.42 Å². The van der Waals surface area contributed by atoms with Gasteiger partial charge in [-0.25, -0.2) is 0 Å². The summed E-state index contributed by atoms with van der Waals surface area (Å²) >= 11 is 0. The Balaban J connectivity index is -0.000000602. The third kappa shape index (κ3) is 26.9. The second kappa shape index (κ2) is 25.3. The van der Waals surface area contributed by atoms with E-state index in [2.05, 4.69) is 6.92 Å². The van der Waals surface area contributed by atoms with Crippen molar-refractivity contribution in [1.29, 1.82) is 0 Å². The third-order valence-corrected chi connectivity index (χ3v) is 3.99. The molecule has 2 nitrogen and oxygen atoms in total. The van der Waals surface area contributed by atoms with Gasteiger partial charge in [-0.3, -0.25) is 4.79 Å². The van der Waals surface area contributed by atoms with E-state index < -0.39 is 5.97 Å². The van der Waals surface area contributed by atoms with Crippen molar-refractivity contribution in [2.45, 2.75) is 110 Å². The van der Waals surface area contributed by atoms with Gasteiger partial charge in [0.25, 0.3) is 0 Å². The molecular formula is C18H39KO2Pb. The molecule has 0 saturated carbocycles. The summed E-state index contributed by atoms with van der Waals surface area (Å²) in [5, 5.41) is 8.52. The molecule has 0 aliphatic rings. The van der Waals surface area contributed by atoms with Crippen LogP contribution in [0.5, 0.6) is 0 Å². The maximum atomic E-state index is 10.3. The monoisotopic (exact) mass is 534 g/mol. The zero-order valence-corrected chi connectivity index (χ0v) is 24.0.